The molecule has 9 aromatic carbocycles. The van der Waals surface area contributed by atoms with Gasteiger partial charge in [0.15, 0.2) is 0 Å². The maximum atomic E-state index is 9.88. The zero-order valence-electron chi connectivity index (χ0n) is 45.9. The van der Waals surface area contributed by atoms with Crippen molar-refractivity contribution in [1.29, 1.82) is 0 Å². The van der Waals surface area contributed by atoms with Crippen LogP contribution in [0, 0.1) is 0 Å². The number of fused-ring (bicyclic) bond motifs is 6. The third-order valence-corrected chi connectivity index (χ3v) is 11.7. The smallest absolute Gasteiger partial charge is 0.0645 e. The summed E-state index contributed by atoms with van der Waals surface area (Å²) in [6.45, 7) is 4.63. The van der Waals surface area contributed by atoms with E-state index in [4.69, 9.17) is 9.60 Å². The standard InChI is InChI=1S/C58H44N2/c1-58(2)53-25-12-9-23-49(53)50-34-33-47(38-54(50)58)60(57-27-14-10-22-48(57)43-19-7-4-8-20-43)46-31-28-42(29-32-46)45-30-35-56-52(37-45)51-24-11-13-26-55(51)59(56)39-40-16-15-21-44(36-40)41-17-5-3-6-18-41/h3-38H,39H2,1-2H3/i4D,7D,8D,10D,14D,19D,20D,22D,27D,28D,29D,31D,32D. The number of hydrogen-bond acceptors (Lipinski definition) is 1. The molecule has 0 atom stereocenters. The van der Waals surface area contributed by atoms with E-state index < -0.39 is 101 Å². The minimum atomic E-state index is -0.742. The fourth-order valence-electron chi connectivity index (χ4n) is 8.83. The normalized spacial score (nSPS) is 15.7. The van der Waals surface area contributed by atoms with Crippen LogP contribution in [0.1, 0.15) is 48.4 Å². The Hall–Kier alpha value is -7.42. The van der Waals surface area contributed by atoms with Gasteiger partial charge in [0.2, 0.25) is 0 Å². The zero-order chi connectivity index (χ0) is 51.5. The number of anilines is 3. The molecular formula is C58H44N2. The van der Waals surface area contributed by atoms with E-state index in [1.165, 1.54) is 4.90 Å². The molecule has 1 heterocycles. The van der Waals surface area contributed by atoms with E-state index >= 15 is 0 Å². The summed E-state index contributed by atoms with van der Waals surface area (Å²) in [5.41, 5.74) is 7.06. The van der Waals surface area contributed by atoms with Crippen molar-refractivity contribution >= 4 is 38.9 Å². The van der Waals surface area contributed by atoms with Gasteiger partial charge in [-0.15, -0.1) is 0 Å². The molecule has 0 N–H and O–H groups in total. The lowest BCUT2D eigenvalue weighted by atomic mass is 9.82. The number of nitrogens with zero attached hydrogens (tertiary/aromatic N) is 2. The molecule has 0 aliphatic heterocycles. The van der Waals surface area contributed by atoms with Crippen LogP contribution in [0.4, 0.5) is 17.1 Å². The van der Waals surface area contributed by atoms with E-state index in [2.05, 4.69) is 34.9 Å². The van der Waals surface area contributed by atoms with Crippen molar-refractivity contribution in [3.63, 3.8) is 0 Å². The first-order chi connectivity index (χ1) is 34.9. The van der Waals surface area contributed by atoms with Gasteiger partial charge in [-0.25, -0.2) is 0 Å². The largest absolute Gasteiger partial charge is 0.336 e. The molecule has 0 spiro atoms. The fraction of sp³-hybridized carbons (Fsp3) is 0.0690. The van der Waals surface area contributed by atoms with Gasteiger partial charge in [-0.3, -0.25) is 0 Å². The van der Waals surface area contributed by atoms with Crippen LogP contribution in [0.25, 0.3) is 66.3 Å². The second kappa shape index (κ2) is 14.4. The van der Waals surface area contributed by atoms with E-state index in [-0.39, 0.29) is 16.9 Å². The summed E-state index contributed by atoms with van der Waals surface area (Å²) in [5.74, 6) is 0. The molecule has 1 aliphatic rings. The molecule has 2 heteroatoms. The summed E-state index contributed by atoms with van der Waals surface area (Å²) in [6.07, 6.45) is 0. The quantitative estimate of drug-likeness (QED) is 0.149. The maximum absolute atomic E-state index is 9.88. The first-order valence-corrected chi connectivity index (χ1v) is 19.9. The number of para-hydroxylation sites is 2. The topological polar surface area (TPSA) is 8.17 Å². The summed E-state index contributed by atoms with van der Waals surface area (Å²) in [5, 5.41) is 1.76. The highest BCUT2D eigenvalue weighted by atomic mass is 15.1. The Balaban J connectivity index is 1.14. The van der Waals surface area contributed by atoms with Gasteiger partial charge >= 0.3 is 0 Å². The van der Waals surface area contributed by atoms with Gasteiger partial charge in [-0.05, 0) is 110 Å². The zero-order valence-corrected chi connectivity index (χ0v) is 32.9. The Morgan fingerprint density at radius 1 is 0.450 bits per heavy atom. The van der Waals surface area contributed by atoms with Crippen LogP contribution in [0.2, 0.25) is 0 Å². The minimum absolute atomic E-state index is 0.000614. The van der Waals surface area contributed by atoms with E-state index in [0.29, 0.717) is 12.1 Å². The third kappa shape index (κ3) is 6.03. The monoisotopic (exact) mass is 781 g/mol. The van der Waals surface area contributed by atoms with Gasteiger partial charge in [0.1, 0.15) is 0 Å². The summed E-state index contributed by atoms with van der Waals surface area (Å²) in [6, 6.07) is 36.9. The van der Waals surface area contributed by atoms with Crippen molar-refractivity contribution < 1.29 is 17.8 Å². The Bertz CT molecular complexity index is 3920. The van der Waals surface area contributed by atoms with Gasteiger partial charge in [-0.2, -0.15) is 0 Å². The van der Waals surface area contributed by atoms with Crippen LogP contribution in [-0.2, 0) is 12.0 Å². The van der Waals surface area contributed by atoms with Gasteiger partial charge in [0.25, 0.3) is 0 Å². The SMILES string of the molecule is [2H]c1c([2H])c([2H])c(-c2c([2H])c([2H])c([2H])c([2H])c2N(c2ccc3c(c2)C(C)(C)c2ccccc2-3)c2c([2H])c([2H])c(-c3ccc4c(c3)c3ccccc3n4Cc3cccc(-c4ccccc4)c3)c([2H])c2[2H])c([2H])c1[2H]. The van der Waals surface area contributed by atoms with E-state index in [0.717, 1.165) is 60.8 Å². The van der Waals surface area contributed by atoms with Gasteiger partial charge < -0.3 is 9.47 Å². The molecule has 0 radical (unpaired) electrons. The Morgan fingerprint density at radius 3 is 2.02 bits per heavy atom. The molecule has 0 unspecified atom stereocenters. The number of benzene rings is 9. The predicted molar refractivity (Wildman–Crippen MR) is 254 cm³/mol. The van der Waals surface area contributed by atoms with E-state index in [9.17, 15) is 8.22 Å². The third-order valence-electron chi connectivity index (χ3n) is 11.7. The average Bonchev–Trinajstić information content (AvgIpc) is 3.83. The van der Waals surface area contributed by atoms with E-state index in [1.54, 1.807) is 18.2 Å². The molecule has 0 amide bonds. The van der Waals surface area contributed by atoms with Crippen LogP contribution >= 0.6 is 0 Å². The van der Waals surface area contributed by atoms with Gasteiger partial charge in [0.05, 0.1) is 23.5 Å². The molecule has 1 aliphatic carbocycles. The van der Waals surface area contributed by atoms with Crippen molar-refractivity contribution in [3.05, 3.63) is 235 Å². The number of hydrogen-bond donors (Lipinski definition) is 0. The Kier molecular flexibility index (Phi) is 5.90. The van der Waals surface area contributed by atoms with Crippen LogP contribution < -0.4 is 4.90 Å². The highest BCUT2D eigenvalue weighted by molar-refractivity contribution is 6.09. The molecule has 1 aromatic heterocycles. The molecule has 0 fully saturated rings. The average molecular weight is 782 g/mol. The minimum Gasteiger partial charge on any atom is -0.336 e. The van der Waals surface area contributed by atoms with Crippen LogP contribution in [0.15, 0.2) is 218 Å². The summed E-state index contributed by atoms with van der Waals surface area (Å²) < 4.78 is 122. The molecule has 11 rings (SSSR count). The molecule has 0 saturated heterocycles. The summed E-state index contributed by atoms with van der Waals surface area (Å²) in [7, 11) is 0. The highest BCUT2D eigenvalue weighted by Crippen LogP contribution is 2.51. The molecule has 0 bridgehead atoms. The highest BCUT2D eigenvalue weighted by Gasteiger charge is 2.36. The van der Waals surface area contributed by atoms with Crippen molar-refractivity contribution in [2.75, 3.05) is 4.90 Å². The van der Waals surface area contributed by atoms with Crippen molar-refractivity contribution in [3.8, 4) is 44.5 Å². The molecule has 60 heavy (non-hydrogen) atoms. The Morgan fingerprint density at radius 2 is 1.15 bits per heavy atom. The molecule has 10 aromatic rings. The first kappa shape index (κ1) is 24.5. The van der Waals surface area contributed by atoms with Gasteiger partial charge in [0, 0.05) is 50.7 Å². The van der Waals surface area contributed by atoms with Crippen LogP contribution in [0.3, 0.4) is 0 Å². The Labute approximate surface area is 370 Å². The van der Waals surface area contributed by atoms with Crippen molar-refractivity contribution in [2.45, 2.75) is 25.8 Å². The maximum Gasteiger partial charge on any atom is 0.0645 e. The van der Waals surface area contributed by atoms with Crippen molar-refractivity contribution in [1.82, 2.24) is 4.57 Å². The number of rotatable bonds is 8. The molecule has 2 nitrogen and oxygen atoms in total. The lowest BCUT2D eigenvalue weighted by Crippen LogP contribution is -2.16. The second-order valence-corrected chi connectivity index (χ2v) is 15.6. The van der Waals surface area contributed by atoms with E-state index in [1.807, 2.05) is 105 Å². The van der Waals surface area contributed by atoms with Crippen LogP contribution in [-0.4, -0.2) is 4.57 Å². The lowest BCUT2D eigenvalue weighted by Gasteiger charge is -2.30. The summed E-state index contributed by atoms with van der Waals surface area (Å²) >= 11 is 0. The second-order valence-electron chi connectivity index (χ2n) is 15.6. The van der Waals surface area contributed by atoms with Crippen molar-refractivity contribution in [2.24, 2.45) is 0 Å². The van der Waals surface area contributed by atoms with Crippen LogP contribution in [0.5, 0.6) is 0 Å². The number of aromatic nitrogens is 1. The fourth-order valence-corrected chi connectivity index (χ4v) is 8.83. The van der Waals surface area contributed by atoms with Gasteiger partial charge in [-0.1, -0.05) is 177 Å². The molecule has 0 saturated carbocycles. The molecular weight excluding hydrogens is 725 g/mol. The predicted octanol–water partition coefficient (Wildman–Crippen LogP) is 15.6. The first-order valence-electron chi connectivity index (χ1n) is 26.4. The lowest BCUT2D eigenvalue weighted by molar-refractivity contribution is 0.660. The molecule has 286 valence electrons. The summed E-state index contributed by atoms with van der Waals surface area (Å²) in [4.78, 5) is 1.24.